The Morgan fingerprint density at radius 2 is 2.00 bits per heavy atom. The van der Waals surface area contributed by atoms with Crippen LogP contribution in [-0.4, -0.2) is 22.9 Å². The highest BCUT2D eigenvalue weighted by Crippen LogP contribution is 2.33. The van der Waals surface area contributed by atoms with E-state index >= 15 is 0 Å². The molecule has 0 bridgehead atoms. The zero-order chi connectivity index (χ0) is 16.5. The summed E-state index contributed by atoms with van der Waals surface area (Å²) in [6, 6.07) is 8.72. The molecule has 1 amide bonds. The van der Waals surface area contributed by atoms with Crippen molar-refractivity contribution in [1.82, 2.24) is 10.2 Å². The molecule has 2 aromatic heterocycles. The summed E-state index contributed by atoms with van der Waals surface area (Å²) in [6.45, 7) is 0.221. The molecule has 4 rings (SSSR count). The molecule has 0 spiro atoms. The predicted molar refractivity (Wildman–Crippen MR) is 84.0 cm³/mol. The fraction of sp³-hybridized carbons (Fsp3) is 0.133. The number of hydrogen-bond donors (Lipinski definition) is 1. The number of anilines is 1. The van der Waals surface area contributed by atoms with Crippen molar-refractivity contribution in [3.8, 4) is 11.5 Å². The number of amides is 1. The molecular weight excluding hydrogens is 382 g/mol. The Balaban J connectivity index is 1.44. The average Bonchev–Trinajstić information content (AvgIpc) is 3.28. The first-order valence-electron chi connectivity index (χ1n) is 6.95. The van der Waals surface area contributed by atoms with Gasteiger partial charge in [0.25, 0.3) is 5.91 Å². The number of fused-ring (bicyclic) bond motifs is 1. The minimum Gasteiger partial charge on any atom is -0.454 e. The maximum Gasteiger partial charge on any atom is 0.322 e. The van der Waals surface area contributed by atoms with Crippen LogP contribution in [0.4, 0.5) is 6.01 Å². The van der Waals surface area contributed by atoms with Gasteiger partial charge in [-0.05, 0) is 45.8 Å². The van der Waals surface area contributed by atoms with E-state index in [-0.39, 0.29) is 18.6 Å². The molecule has 0 saturated heterocycles. The number of ether oxygens (including phenoxy) is 2. The summed E-state index contributed by atoms with van der Waals surface area (Å²) in [5.41, 5.74) is 0.927. The quantitative estimate of drug-likeness (QED) is 0.729. The highest BCUT2D eigenvalue weighted by atomic mass is 79.9. The molecular formula is C15H10BrN3O5. The number of halogens is 1. The minimum absolute atomic E-state index is 0.00302. The number of benzene rings is 1. The molecule has 1 aromatic carbocycles. The Bertz CT molecular complexity index is 904. The number of furan rings is 1. The molecule has 0 atom stereocenters. The first-order chi connectivity index (χ1) is 11.7. The van der Waals surface area contributed by atoms with Crippen LogP contribution in [0, 0.1) is 0 Å². The predicted octanol–water partition coefficient (Wildman–Crippen LogP) is 3.00. The van der Waals surface area contributed by atoms with Crippen LogP contribution in [-0.2, 0) is 6.42 Å². The van der Waals surface area contributed by atoms with Crippen molar-refractivity contribution in [2.24, 2.45) is 0 Å². The molecule has 1 aliphatic heterocycles. The number of carbonyl (C=O) groups is 1. The molecule has 3 heterocycles. The van der Waals surface area contributed by atoms with E-state index in [9.17, 15) is 4.79 Å². The van der Waals surface area contributed by atoms with E-state index in [1.54, 1.807) is 6.07 Å². The maximum absolute atomic E-state index is 11.9. The number of hydrogen-bond acceptors (Lipinski definition) is 7. The van der Waals surface area contributed by atoms with Crippen LogP contribution >= 0.6 is 15.9 Å². The van der Waals surface area contributed by atoms with Crippen LogP contribution in [0.3, 0.4) is 0 Å². The molecule has 0 fully saturated rings. The van der Waals surface area contributed by atoms with E-state index in [2.05, 4.69) is 31.4 Å². The number of rotatable bonds is 4. The number of nitrogens with one attached hydrogen (secondary N) is 1. The van der Waals surface area contributed by atoms with Gasteiger partial charge in [-0.2, -0.15) is 0 Å². The minimum atomic E-state index is -0.473. The van der Waals surface area contributed by atoms with Gasteiger partial charge in [-0.25, -0.2) is 0 Å². The molecule has 3 aromatic rings. The molecule has 0 radical (unpaired) electrons. The van der Waals surface area contributed by atoms with Crippen LogP contribution in [0.25, 0.3) is 0 Å². The molecule has 1 aliphatic rings. The van der Waals surface area contributed by atoms with Gasteiger partial charge in [0.05, 0.1) is 6.42 Å². The molecule has 8 nitrogen and oxygen atoms in total. The van der Waals surface area contributed by atoms with Crippen LogP contribution in [0.15, 0.2) is 43.8 Å². The van der Waals surface area contributed by atoms with Crippen LogP contribution in [0.2, 0.25) is 0 Å². The smallest absolute Gasteiger partial charge is 0.322 e. The highest BCUT2D eigenvalue weighted by Gasteiger charge is 2.17. The normalized spacial score (nSPS) is 12.4. The molecule has 0 aliphatic carbocycles. The third-order valence-electron chi connectivity index (χ3n) is 3.28. The van der Waals surface area contributed by atoms with Gasteiger partial charge in [-0.15, -0.1) is 5.10 Å². The van der Waals surface area contributed by atoms with E-state index in [4.69, 9.17) is 18.3 Å². The summed E-state index contributed by atoms with van der Waals surface area (Å²) in [6.07, 6.45) is 0.409. The summed E-state index contributed by atoms with van der Waals surface area (Å²) in [4.78, 5) is 11.9. The zero-order valence-corrected chi connectivity index (χ0v) is 13.7. The number of carbonyl (C=O) groups excluding carboxylic acids is 1. The molecule has 122 valence electrons. The van der Waals surface area contributed by atoms with E-state index in [1.807, 2.05) is 18.2 Å². The number of nitrogens with zero attached hydrogens (tertiary/aromatic N) is 2. The first kappa shape index (κ1) is 14.8. The Kier molecular flexibility index (Phi) is 3.69. The van der Waals surface area contributed by atoms with Gasteiger partial charge in [-0.1, -0.05) is 11.2 Å². The summed E-state index contributed by atoms with van der Waals surface area (Å²) in [7, 11) is 0. The first-order valence-corrected chi connectivity index (χ1v) is 7.74. The van der Waals surface area contributed by atoms with Crippen molar-refractivity contribution in [2.75, 3.05) is 12.1 Å². The average molecular weight is 392 g/mol. The van der Waals surface area contributed by atoms with Gasteiger partial charge < -0.3 is 18.3 Å². The SMILES string of the molecule is O=C(Nc1nnc(Cc2ccc3c(c2)OCO3)o1)c1ccc(Br)o1. The van der Waals surface area contributed by atoms with Crippen molar-refractivity contribution < 1.29 is 23.1 Å². The molecule has 1 N–H and O–H groups in total. The van der Waals surface area contributed by atoms with E-state index < -0.39 is 5.91 Å². The van der Waals surface area contributed by atoms with Gasteiger partial charge in [-0.3, -0.25) is 10.1 Å². The van der Waals surface area contributed by atoms with Crippen molar-refractivity contribution in [2.45, 2.75) is 6.42 Å². The summed E-state index contributed by atoms with van der Waals surface area (Å²) >= 11 is 3.13. The van der Waals surface area contributed by atoms with Crippen molar-refractivity contribution in [3.63, 3.8) is 0 Å². The topological polar surface area (TPSA) is 99.6 Å². The monoisotopic (exact) mass is 391 g/mol. The largest absolute Gasteiger partial charge is 0.454 e. The van der Waals surface area contributed by atoms with Gasteiger partial charge in [0.2, 0.25) is 12.7 Å². The maximum atomic E-state index is 11.9. The van der Waals surface area contributed by atoms with Gasteiger partial charge >= 0.3 is 6.01 Å². The van der Waals surface area contributed by atoms with Gasteiger partial charge in [0.15, 0.2) is 21.9 Å². The molecule has 24 heavy (non-hydrogen) atoms. The molecule has 9 heteroatoms. The number of aromatic nitrogens is 2. The van der Waals surface area contributed by atoms with Gasteiger partial charge in [0.1, 0.15) is 0 Å². The zero-order valence-electron chi connectivity index (χ0n) is 12.1. The van der Waals surface area contributed by atoms with E-state index in [1.165, 1.54) is 6.07 Å². The lowest BCUT2D eigenvalue weighted by Crippen LogP contribution is -2.10. The fourth-order valence-electron chi connectivity index (χ4n) is 2.20. The highest BCUT2D eigenvalue weighted by molar-refractivity contribution is 9.10. The van der Waals surface area contributed by atoms with E-state index in [0.29, 0.717) is 28.5 Å². The van der Waals surface area contributed by atoms with Crippen LogP contribution in [0.1, 0.15) is 22.0 Å². The van der Waals surface area contributed by atoms with Crippen molar-refractivity contribution >= 4 is 27.9 Å². The Morgan fingerprint density at radius 1 is 1.12 bits per heavy atom. The Morgan fingerprint density at radius 3 is 2.83 bits per heavy atom. The van der Waals surface area contributed by atoms with Crippen molar-refractivity contribution in [3.05, 3.63) is 52.2 Å². The Hall–Kier alpha value is -2.81. The molecule has 0 saturated carbocycles. The summed E-state index contributed by atoms with van der Waals surface area (Å²) in [5, 5.41) is 10.2. The fourth-order valence-corrected chi connectivity index (χ4v) is 2.50. The summed E-state index contributed by atoms with van der Waals surface area (Å²) < 4.78 is 21.6. The second kappa shape index (κ2) is 6.00. The van der Waals surface area contributed by atoms with Crippen molar-refractivity contribution in [1.29, 1.82) is 0 Å². The van der Waals surface area contributed by atoms with Gasteiger partial charge in [0, 0.05) is 0 Å². The lowest BCUT2D eigenvalue weighted by atomic mass is 10.1. The lowest BCUT2D eigenvalue weighted by molar-refractivity contribution is 0.0992. The van der Waals surface area contributed by atoms with Crippen LogP contribution < -0.4 is 14.8 Å². The Labute approximate surface area is 143 Å². The third kappa shape index (κ3) is 2.98. The van der Waals surface area contributed by atoms with Crippen LogP contribution in [0.5, 0.6) is 11.5 Å². The lowest BCUT2D eigenvalue weighted by Gasteiger charge is -2.00. The standard InChI is InChI=1S/C15H10BrN3O5/c16-12-4-3-10(23-12)14(20)17-15-19-18-13(24-15)6-8-1-2-9-11(5-8)22-7-21-9/h1-5H,6-7H2,(H,17,19,20). The second-order valence-electron chi connectivity index (χ2n) is 4.92. The third-order valence-corrected chi connectivity index (χ3v) is 3.70. The summed E-state index contributed by atoms with van der Waals surface area (Å²) in [5.74, 6) is 1.42. The second-order valence-corrected chi connectivity index (χ2v) is 5.70. The van der Waals surface area contributed by atoms with E-state index in [0.717, 1.165) is 5.56 Å². The molecule has 0 unspecified atom stereocenters.